The third-order valence-corrected chi connectivity index (χ3v) is 5.40. The first-order valence-electron chi connectivity index (χ1n) is 8.22. The molecular weight excluding hydrogens is 475 g/mol. The van der Waals surface area contributed by atoms with Gasteiger partial charge in [-0.05, 0) is 52.9 Å². The fourth-order valence-corrected chi connectivity index (χ4v) is 4.22. The zero-order valence-corrected chi connectivity index (χ0v) is 16.1. The molecular formula is C18H11F12P. The molecule has 1 atom stereocenters. The molecule has 2 rings (SSSR count). The number of rotatable bonds is 3. The van der Waals surface area contributed by atoms with Crippen LogP contribution in [0.5, 0.6) is 0 Å². The fourth-order valence-electron chi connectivity index (χ4n) is 2.76. The normalized spacial score (nSPS) is 14.0. The number of alkyl halides is 12. The molecule has 31 heavy (non-hydrogen) atoms. The zero-order chi connectivity index (χ0) is 24.0. The topological polar surface area (TPSA) is 0 Å². The summed E-state index contributed by atoms with van der Waals surface area (Å²) in [4.78, 5) is 0. The van der Waals surface area contributed by atoms with E-state index in [0.717, 1.165) is 0 Å². The van der Waals surface area contributed by atoms with E-state index in [9.17, 15) is 52.7 Å². The summed E-state index contributed by atoms with van der Waals surface area (Å²) in [5.74, 6) is 0. The molecule has 2 aromatic carbocycles. The van der Waals surface area contributed by atoms with Gasteiger partial charge in [0.25, 0.3) is 0 Å². The van der Waals surface area contributed by atoms with Crippen molar-refractivity contribution >= 4 is 19.2 Å². The minimum Gasteiger partial charge on any atom is -0.166 e. The van der Waals surface area contributed by atoms with Gasteiger partial charge in [-0.25, -0.2) is 0 Å². The molecule has 0 aliphatic carbocycles. The molecule has 0 saturated heterocycles. The molecule has 2 aromatic rings. The van der Waals surface area contributed by atoms with E-state index in [4.69, 9.17) is 0 Å². The summed E-state index contributed by atoms with van der Waals surface area (Å²) < 4.78 is 157. The third-order valence-electron chi connectivity index (χ3n) is 4.10. The Balaban J connectivity index is 2.75. The summed E-state index contributed by atoms with van der Waals surface area (Å²) in [7, 11) is -1.32. The van der Waals surface area contributed by atoms with Gasteiger partial charge in [0.1, 0.15) is 0 Å². The Kier molecular flexibility index (Phi) is 6.68. The van der Waals surface area contributed by atoms with E-state index >= 15 is 0 Å². The van der Waals surface area contributed by atoms with Gasteiger partial charge in [0.05, 0.1) is 22.3 Å². The first-order chi connectivity index (χ1) is 13.8. The molecule has 0 heterocycles. The Morgan fingerprint density at radius 2 is 1.00 bits per heavy atom. The minimum atomic E-state index is -5.21. The first-order valence-corrected chi connectivity index (χ1v) is 9.22. The van der Waals surface area contributed by atoms with Gasteiger partial charge in [-0.1, -0.05) is 15.5 Å². The van der Waals surface area contributed by atoms with Crippen LogP contribution in [0.2, 0.25) is 0 Å². The molecule has 0 bridgehead atoms. The number of halogens is 12. The quantitative estimate of drug-likeness (QED) is 0.325. The maximum absolute atomic E-state index is 13.3. The van der Waals surface area contributed by atoms with Crippen molar-refractivity contribution in [2.24, 2.45) is 0 Å². The van der Waals surface area contributed by atoms with Crippen molar-refractivity contribution in [3.63, 3.8) is 0 Å². The lowest BCUT2D eigenvalue weighted by molar-refractivity contribution is -0.144. The van der Waals surface area contributed by atoms with E-state index in [2.05, 4.69) is 0 Å². The molecule has 0 N–H and O–H groups in total. The van der Waals surface area contributed by atoms with E-state index < -0.39 is 78.1 Å². The van der Waals surface area contributed by atoms with Gasteiger partial charge in [0.15, 0.2) is 0 Å². The molecule has 0 amide bonds. The van der Waals surface area contributed by atoms with Crippen LogP contribution in [0.15, 0.2) is 30.3 Å². The van der Waals surface area contributed by atoms with Crippen molar-refractivity contribution in [1.82, 2.24) is 0 Å². The van der Waals surface area contributed by atoms with E-state index in [1.807, 2.05) is 0 Å². The predicted octanol–water partition coefficient (Wildman–Crippen LogP) is 6.95. The lowest BCUT2D eigenvalue weighted by Gasteiger charge is -2.20. The second-order valence-electron chi connectivity index (χ2n) is 6.32. The smallest absolute Gasteiger partial charge is 0.166 e. The van der Waals surface area contributed by atoms with Gasteiger partial charge in [-0.2, -0.15) is 52.7 Å². The lowest BCUT2D eigenvalue weighted by atomic mass is 10.0. The van der Waals surface area contributed by atoms with Crippen molar-refractivity contribution in [1.29, 1.82) is 0 Å². The van der Waals surface area contributed by atoms with Gasteiger partial charge in [-0.3, -0.25) is 0 Å². The van der Waals surface area contributed by atoms with E-state index in [-0.39, 0.29) is 24.3 Å². The second-order valence-corrected chi connectivity index (χ2v) is 7.68. The predicted molar refractivity (Wildman–Crippen MR) is 89.9 cm³/mol. The van der Waals surface area contributed by atoms with Crippen LogP contribution in [-0.4, -0.2) is 0 Å². The van der Waals surface area contributed by atoms with Crippen LogP contribution in [0.3, 0.4) is 0 Å². The fraction of sp³-hybridized carbons (Fsp3) is 0.333. The van der Waals surface area contributed by atoms with Crippen LogP contribution in [0.25, 0.3) is 0 Å². The van der Waals surface area contributed by atoms with Gasteiger partial charge in [0, 0.05) is 0 Å². The SMILES string of the molecule is CCc1c(Pc2cc(C(F)(F)F)cc(C(F)(F)F)c2)cc(C(F)(F)F)cc1C(F)(F)F. The summed E-state index contributed by atoms with van der Waals surface area (Å²) in [6.07, 6.45) is -21.3. The van der Waals surface area contributed by atoms with Crippen molar-refractivity contribution in [3.8, 4) is 0 Å². The zero-order valence-electron chi connectivity index (χ0n) is 15.1. The average Bonchev–Trinajstić information content (AvgIpc) is 2.57. The molecule has 172 valence electrons. The minimum absolute atomic E-state index is 0.125. The largest absolute Gasteiger partial charge is 0.416 e. The highest BCUT2D eigenvalue weighted by atomic mass is 31.1. The van der Waals surface area contributed by atoms with Crippen molar-refractivity contribution in [2.45, 2.75) is 38.0 Å². The standard InChI is InChI=1S/C18H11F12P/c1-2-12-13(18(28,29)30)6-10(17(25,26)27)7-14(12)31-11-4-8(15(19,20)21)3-9(5-11)16(22,23)24/h3-7,31H,2H2,1H3. The molecule has 0 fully saturated rings. The van der Waals surface area contributed by atoms with Crippen LogP contribution in [0.4, 0.5) is 52.7 Å². The number of hydrogen-bond donors (Lipinski definition) is 0. The number of hydrogen-bond acceptors (Lipinski definition) is 0. The maximum Gasteiger partial charge on any atom is 0.416 e. The molecule has 0 spiro atoms. The number of benzene rings is 2. The molecule has 0 aromatic heterocycles. The molecule has 1 unspecified atom stereocenters. The Morgan fingerprint density at radius 3 is 1.35 bits per heavy atom. The van der Waals surface area contributed by atoms with Gasteiger partial charge in [-0.15, -0.1) is 0 Å². The summed E-state index contributed by atoms with van der Waals surface area (Å²) >= 11 is 0. The van der Waals surface area contributed by atoms with E-state index in [0.29, 0.717) is 6.07 Å². The summed E-state index contributed by atoms with van der Waals surface area (Å²) in [5.41, 5.74) is -7.42. The summed E-state index contributed by atoms with van der Waals surface area (Å²) in [6.45, 7) is 1.18. The van der Waals surface area contributed by atoms with Gasteiger partial charge >= 0.3 is 24.7 Å². The molecule has 0 radical (unpaired) electrons. The van der Waals surface area contributed by atoms with Crippen LogP contribution < -0.4 is 10.6 Å². The molecule has 0 aliphatic heterocycles. The Bertz CT molecular complexity index is 916. The van der Waals surface area contributed by atoms with E-state index in [1.54, 1.807) is 0 Å². The Hall–Kier alpha value is -1.97. The molecule has 0 saturated carbocycles. The maximum atomic E-state index is 13.3. The van der Waals surface area contributed by atoms with Crippen LogP contribution in [-0.2, 0) is 31.1 Å². The Labute approximate surface area is 169 Å². The molecule has 0 aliphatic rings. The highest BCUT2D eigenvalue weighted by molar-refractivity contribution is 7.55. The first kappa shape index (κ1) is 25.3. The average molecular weight is 486 g/mol. The summed E-state index contributed by atoms with van der Waals surface area (Å²) in [5, 5.41) is -1.35. The van der Waals surface area contributed by atoms with Crippen LogP contribution in [0, 0.1) is 0 Å². The van der Waals surface area contributed by atoms with Crippen molar-refractivity contribution in [3.05, 3.63) is 58.1 Å². The third kappa shape index (κ3) is 6.05. The Morgan fingerprint density at radius 1 is 0.581 bits per heavy atom. The van der Waals surface area contributed by atoms with Gasteiger partial charge < -0.3 is 0 Å². The second kappa shape index (κ2) is 8.18. The molecule has 0 nitrogen and oxygen atoms in total. The van der Waals surface area contributed by atoms with E-state index in [1.165, 1.54) is 6.92 Å². The monoisotopic (exact) mass is 486 g/mol. The van der Waals surface area contributed by atoms with Crippen molar-refractivity contribution < 1.29 is 52.7 Å². The lowest BCUT2D eigenvalue weighted by Crippen LogP contribution is -2.22. The van der Waals surface area contributed by atoms with Crippen molar-refractivity contribution in [2.75, 3.05) is 0 Å². The van der Waals surface area contributed by atoms with Crippen LogP contribution in [0.1, 0.15) is 34.7 Å². The van der Waals surface area contributed by atoms with Crippen LogP contribution >= 0.6 is 8.58 Å². The summed E-state index contributed by atoms with van der Waals surface area (Å²) in [6, 6.07) is 0.573. The highest BCUT2D eigenvalue weighted by Gasteiger charge is 2.40. The highest BCUT2D eigenvalue weighted by Crippen LogP contribution is 2.40. The molecule has 13 heteroatoms. The van der Waals surface area contributed by atoms with Gasteiger partial charge in [0.2, 0.25) is 0 Å².